The fourth-order valence-electron chi connectivity index (χ4n) is 2.32. The van der Waals surface area contributed by atoms with Crippen molar-refractivity contribution in [3.05, 3.63) is 72.8 Å². The van der Waals surface area contributed by atoms with E-state index in [0.717, 1.165) is 11.4 Å². The van der Waals surface area contributed by atoms with Crippen molar-refractivity contribution in [1.82, 2.24) is 9.55 Å². The second-order valence-corrected chi connectivity index (χ2v) is 5.38. The van der Waals surface area contributed by atoms with Crippen LogP contribution in [-0.2, 0) is 17.9 Å². The average molecular weight is 338 g/mol. The molecule has 0 atom stereocenters. The van der Waals surface area contributed by atoms with E-state index in [9.17, 15) is 4.79 Å². The smallest absolute Gasteiger partial charge is 0.305 e. The number of aromatic nitrogens is 2. The second kappa shape index (κ2) is 8.01. The molecule has 0 aliphatic carbocycles. The molecule has 128 valence electrons. The van der Waals surface area contributed by atoms with Crippen molar-refractivity contribution in [2.24, 2.45) is 0 Å². The summed E-state index contributed by atoms with van der Waals surface area (Å²) in [7, 11) is 0. The molecule has 6 heteroatoms. The van der Waals surface area contributed by atoms with E-state index in [-0.39, 0.29) is 6.42 Å². The van der Waals surface area contributed by atoms with Crippen molar-refractivity contribution >= 4 is 5.97 Å². The lowest BCUT2D eigenvalue weighted by Crippen LogP contribution is -2.08. The van der Waals surface area contributed by atoms with Crippen LogP contribution in [0, 0.1) is 0 Å². The molecular weight excluding hydrogens is 320 g/mol. The molecule has 0 unspecified atom stereocenters. The Morgan fingerprint density at radius 1 is 1.00 bits per heavy atom. The Morgan fingerprint density at radius 2 is 1.68 bits per heavy atom. The average Bonchev–Trinajstić information content (AvgIpc) is 3.08. The Morgan fingerprint density at radius 3 is 2.40 bits per heavy atom. The molecule has 2 aromatic heterocycles. The van der Waals surface area contributed by atoms with Crippen LogP contribution in [0.3, 0.4) is 0 Å². The van der Waals surface area contributed by atoms with Crippen molar-refractivity contribution in [2.75, 3.05) is 0 Å². The van der Waals surface area contributed by atoms with Gasteiger partial charge in [0.1, 0.15) is 23.9 Å². The van der Waals surface area contributed by atoms with Crippen molar-refractivity contribution in [1.29, 1.82) is 0 Å². The van der Waals surface area contributed by atoms with Crippen LogP contribution in [0.2, 0.25) is 0 Å². The molecular formula is C19H18N2O4. The third-order valence-electron chi connectivity index (χ3n) is 3.59. The number of benzene rings is 1. The molecule has 3 aromatic rings. The first-order chi connectivity index (χ1) is 12.2. The standard InChI is InChI=1S/C19H18N2O4/c22-19(23)9-13-21-12-1-2-15(21)14-24-16-3-5-17(6-4-16)25-18-7-10-20-11-8-18/h1-8,10-12H,9,13-14H2,(H,22,23). The van der Waals surface area contributed by atoms with E-state index in [4.69, 9.17) is 14.6 Å². The van der Waals surface area contributed by atoms with Gasteiger partial charge in [-0.05, 0) is 48.5 Å². The number of pyridine rings is 1. The number of carboxylic acids is 1. The minimum atomic E-state index is -0.814. The molecule has 3 rings (SSSR count). The zero-order valence-corrected chi connectivity index (χ0v) is 13.5. The molecule has 1 N–H and O–H groups in total. The van der Waals surface area contributed by atoms with Crippen molar-refractivity contribution < 1.29 is 19.4 Å². The molecule has 0 fully saturated rings. The fraction of sp³-hybridized carbons (Fsp3) is 0.158. The third kappa shape index (κ3) is 4.84. The highest BCUT2D eigenvalue weighted by atomic mass is 16.5. The number of aryl methyl sites for hydroxylation is 1. The molecule has 0 aliphatic heterocycles. The molecule has 25 heavy (non-hydrogen) atoms. The van der Waals surface area contributed by atoms with Crippen molar-refractivity contribution in [2.45, 2.75) is 19.6 Å². The molecule has 2 heterocycles. The first kappa shape index (κ1) is 16.6. The Bertz CT molecular complexity index is 813. The first-order valence-electron chi connectivity index (χ1n) is 7.87. The predicted molar refractivity (Wildman–Crippen MR) is 91.8 cm³/mol. The van der Waals surface area contributed by atoms with E-state index in [1.54, 1.807) is 24.5 Å². The molecule has 0 saturated heterocycles. The first-order valence-corrected chi connectivity index (χ1v) is 7.87. The number of hydrogen-bond acceptors (Lipinski definition) is 4. The van der Waals surface area contributed by atoms with Crippen LogP contribution in [-0.4, -0.2) is 20.6 Å². The molecule has 0 aliphatic rings. The molecule has 0 radical (unpaired) electrons. The number of carbonyl (C=O) groups is 1. The maximum absolute atomic E-state index is 10.7. The molecule has 0 amide bonds. The number of carboxylic acid groups (broad SMARTS) is 1. The Labute approximate surface area is 145 Å². The van der Waals surface area contributed by atoms with Gasteiger partial charge in [-0.2, -0.15) is 0 Å². The molecule has 0 saturated carbocycles. The van der Waals surface area contributed by atoms with Gasteiger partial charge in [0.2, 0.25) is 0 Å². The summed E-state index contributed by atoms with van der Waals surface area (Å²) in [5, 5.41) is 8.78. The van der Waals surface area contributed by atoms with Crippen molar-refractivity contribution in [3.63, 3.8) is 0 Å². The monoisotopic (exact) mass is 338 g/mol. The lowest BCUT2D eigenvalue weighted by Gasteiger charge is -2.11. The summed E-state index contributed by atoms with van der Waals surface area (Å²) in [5.41, 5.74) is 0.929. The summed E-state index contributed by atoms with van der Waals surface area (Å²) in [6.07, 6.45) is 5.29. The molecule has 0 spiro atoms. The van der Waals surface area contributed by atoms with Gasteiger partial charge < -0.3 is 19.1 Å². The lowest BCUT2D eigenvalue weighted by atomic mass is 10.3. The minimum Gasteiger partial charge on any atom is -0.487 e. The maximum atomic E-state index is 10.7. The highest BCUT2D eigenvalue weighted by Crippen LogP contribution is 2.23. The zero-order chi connectivity index (χ0) is 17.5. The third-order valence-corrected chi connectivity index (χ3v) is 3.59. The summed E-state index contributed by atoms with van der Waals surface area (Å²) < 4.78 is 13.4. The summed E-state index contributed by atoms with van der Waals surface area (Å²) >= 11 is 0. The van der Waals surface area contributed by atoms with Gasteiger partial charge in [-0.3, -0.25) is 9.78 Å². The van der Waals surface area contributed by atoms with E-state index < -0.39 is 5.97 Å². The second-order valence-electron chi connectivity index (χ2n) is 5.38. The Kier molecular flexibility index (Phi) is 5.31. The van der Waals surface area contributed by atoms with E-state index in [1.807, 2.05) is 47.2 Å². The molecule has 6 nitrogen and oxygen atoms in total. The number of hydrogen-bond donors (Lipinski definition) is 1. The summed E-state index contributed by atoms with van der Waals surface area (Å²) in [6.45, 7) is 0.802. The van der Waals surface area contributed by atoms with Crippen LogP contribution in [0.25, 0.3) is 0 Å². The van der Waals surface area contributed by atoms with Gasteiger partial charge in [0, 0.05) is 25.1 Å². The topological polar surface area (TPSA) is 73.6 Å². The number of nitrogens with zero attached hydrogens (tertiary/aromatic N) is 2. The van der Waals surface area contributed by atoms with Crippen LogP contribution in [0.5, 0.6) is 17.2 Å². The van der Waals surface area contributed by atoms with Crippen molar-refractivity contribution in [3.8, 4) is 17.2 Å². The SMILES string of the molecule is O=C(O)CCn1cccc1COc1ccc(Oc2ccncc2)cc1. The van der Waals surface area contributed by atoms with Gasteiger partial charge in [-0.1, -0.05) is 0 Å². The molecule has 1 aromatic carbocycles. The lowest BCUT2D eigenvalue weighted by molar-refractivity contribution is -0.137. The van der Waals surface area contributed by atoms with Gasteiger partial charge >= 0.3 is 5.97 Å². The van der Waals surface area contributed by atoms with Crippen LogP contribution in [0.4, 0.5) is 0 Å². The van der Waals surface area contributed by atoms with Crippen LogP contribution < -0.4 is 9.47 Å². The van der Waals surface area contributed by atoms with Gasteiger partial charge in [0.25, 0.3) is 0 Å². The number of aliphatic carboxylic acids is 1. The summed E-state index contributed by atoms with van der Waals surface area (Å²) in [4.78, 5) is 14.6. The maximum Gasteiger partial charge on any atom is 0.305 e. The van der Waals surface area contributed by atoms with Crippen LogP contribution in [0.15, 0.2) is 67.1 Å². The molecule has 0 bridgehead atoms. The van der Waals surface area contributed by atoms with Gasteiger partial charge in [-0.25, -0.2) is 0 Å². The highest BCUT2D eigenvalue weighted by molar-refractivity contribution is 5.66. The fourth-order valence-corrected chi connectivity index (χ4v) is 2.32. The number of rotatable bonds is 8. The highest BCUT2D eigenvalue weighted by Gasteiger charge is 2.05. The zero-order valence-electron chi connectivity index (χ0n) is 13.5. The summed E-state index contributed by atoms with van der Waals surface area (Å²) in [5.74, 6) is 1.33. The van der Waals surface area contributed by atoms with Crippen LogP contribution in [0.1, 0.15) is 12.1 Å². The van der Waals surface area contributed by atoms with Crippen LogP contribution >= 0.6 is 0 Å². The Balaban J connectivity index is 1.55. The van der Waals surface area contributed by atoms with E-state index in [0.29, 0.717) is 24.7 Å². The van der Waals surface area contributed by atoms with Gasteiger partial charge in [0.15, 0.2) is 0 Å². The summed E-state index contributed by atoms with van der Waals surface area (Å²) in [6, 6.07) is 14.7. The van der Waals surface area contributed by atoms with E-state index >= 15 is 0 Å². The quantitative estimate of drug-likeness (QED) is 0.677. The minimum absolute atomic E-state index is 0.0860. The largest absolute Gasteiger partial charge is 0.487 e. The normalized spacial score (nSPS) is 10.4. The predicted octanol–water partition coefficient (Wildman–Crippen LogP) is 3.73. The Hall–Kier alpha value is -3.28. The number of ether oxygens (including phenoxy) is 2. The van der Waals surface area contributed by atoms with E-state index in [1.165, 1.54) is 0 Å². The van der Waals surface area contributed by atoms with E-state index in [2.05, 4.69) is 4.98 Å². The van der Waals surface area contributed by atoms with Gasteiger partial charge in [-0.15, -0.1) is 0 Å². The van der Waals surface area contributed by atoms with Gasteiger partial charge in [0.05, 0.1) is 12.1 Å².